The summed E-state index contributed by atoms with van der Waals surface area (Å²) in [5.41, 5.74) is 0. The van der Waals surface area contributed by atoms with Crippen LogP contribution in [-0.4, -0.2) is 59.4 Å². The number of allylic oxidation sites excluding steroid dienone is 2. The van der Waals surface area contributed by atoms with Crippen LogP contribution in [0, 0.1) is 11.8 Å². The third kappa shape index (κ3) is 2.67. The van der Waals surface area contributed by atoms with Crippen molar-refractivity contribution < 1.29 is 19.1 Å². The molecule has 0 unspecified atom stereocenters. The molecule has 3 aliphatic rings. The first-order valence-corrected chi connectivity index (χ1v) is 7.91. The number of ether oxygens (including phenoxy) is 1. The number of fused-ring (bicyclic) bond motifs is 1. The molecular weight excluding hydrogens is 284 g/mol. The molecule has 0 bridgehead atoms. The van der Waals surface area contributed by atoms with E-state index < -0.39 is 0 Å². The zero-order valence-corrected chi connectivity index (χ0v) is 13.0. The minimum atomic E-state index is -0.271. The molecule has 0 aromatic heterocycles. The van der Waals surface area contributed by atoms with E-state index in [4.69, 9.17) is 4.74 Å². The van der Waals surface area contributed by atoms with Gasteiger partial charge in [0, 0.05) is 13.1 Å². The lowest BCUT2D eigenvalue weighted by atomic mass is 9.85. The number of rotatable bonds is 2. The van der Waals surface area contributed by atoms with Gasteiger partial charge in [-0.1, -0.05) is 12.2 Å². The van der Waals surface area contributed by atoms with E-state index in [1.807, 2.05) is 26.0 Å². The third-order valence-corrected chi connectivity index (χ3v) is 4.66. The topological polar surface area (TPSA) is 66.9 Å². The van der Waals surface area contributed by atoms with Gasteiger partial charge in [0.15, 0.2) is 0 Å². The fraction of sp³-hybridized carbons (Fsp3) is 0.688. The van der Waals surface area contributed by atoms with Gasteiger partial charge in [-0.2, -0.15) is 0 Å². The molecule has 2 saturated heterocycles. The molecule has 2 heterocycles. The van der Waals surface area contributed by atoms with E-state index in [-0.39, 0.29) is 48.3 Å². The minimum Gasteiger partial charge on any atom is -0.372 e. The van der Waals surface area contributed by atoms with Crippen LogP contribution in [0.5, 0.6) is 0 Å². The molecule has 0 radical (unpaired) electrons. The number of likely N-dealkylation sites (tertiary alicyclic amines) is 1. The highest BCUT2D eigenvalue weighted by Gasteiger charge is 2.48. The SMILES string of the molecule is C[C@@H]1CN(C(=O)CN2C(=O)[C@H]3CC=CC[C@H]3C2=O)C[C@H](C)O1. The zero-order valence-electron chi connectivity index (χ0n) is 13.0. The highest BCUT2D eigenvalue weighted by Crippen LogP contribution is 2.34. The first-order chi connectivity index (χ1) is 10.5. The molecule has 22 heavy (non-hydrogen) atoms. The molecule has 6 nitrogen and oxygen atoms in total. The first kappa shape index (κ1) is 15.2. The lowest BCUT2D eigenvalue weighted by molar-refractivity contribution is -0.151. The molecule has 120 valence electrons. The average Bonchev–Trinajstić information content (AvgIpc) is 2.72. The van der Waals surface area contributed by atoms with Crippen molar-refractivity contribution >= 4 is 17.7 Å². The summed E-state index contributed by atoms with van der Waals surface area (Å²) >= 11 is 0. The fourth-order valence-corrected chi connectivity index (χ4v) is 3.64. The lowest BCUT2D eigenvalue weighted by Gasteiger charge is -2.35. The van der Waals surface area contributed by atoms with Crippen LogP contribution in [0.4, 0.5) is 0 Å². The maximum Gasteiger partial charge on any atom is 0.242 e. The van der Waals surface area contributed by atoms with Crippen LogP contribution in [0.2, 0.25) is 0 Å². The predicted octanol–water partition coefficient (Wildman–Crippen LogP) is 0.573. The zero-order chi connectivity index (χ0) is 15.9. The van der Waals surface area contributed by atoms with E-state index in [2.05, 4.69) is 0 Å². The Bertz CT molecular complexity index is 494. The van der Waals surface area contributed by atoms with Crippen molar-refractivity contribution in [1.29, 1.82) is 0 Å². The fourth-order valence-electron chi connectivity index (χ4n) is 3.64. The number of amides is 3. The van der Waals surface area contributed by atoms with Gasteiger partial charge in [0.25, 0.3) is 0 Å². The van der Waals surface area contributed by atoms with E-state index in [0.717, 1.165) is 4.90 Å². The van der Waals surface area contributed by atoms with Crippen LogP contribution in [0.25, 0.3) is 0 Å². The van der Waals surface area contributed by atoms with Gasteiger partial charge in [0.2, 0.25) is 17.7 Å². The summed E-state index contributed by atoms with van der Waals surface area (Å²) < 4.78 is 5.61. The van der Waals surface area contributed by atoms with Crippen LogP contribution in [0.1, 0.15) is 26.7 Å². The largest absolute Gasteiger partial charge is 0.372 e. The maximum atomic E-state index is 12.5. The van der Waals surface area contributed by atoms with Crippen molar-refractivity contribution in [2.45, 2.75) is 38.9 Å². The van der Waals surface area contributed by atoms with Gasteiger partial charge in [-0.05, 0) is 26.7 Å². The molecule has 4 atom stereocenters. The number of carbonyl (C=O) groups is 3. The van der Waals surface area contributed by atoms with Gasteiger partial charge in [-0.3, -0.25) is 19.3 Å². The Morgan fingerprint density at radius 3 is 2.09 bits per heavy atom. The molecule has 2 fully saturated rings. The molecule has 1 aliphatic carbocycles. The van der Waals surface area contributed by atoms with Gasteiger partial charge in [0.05, 0.1) is 24.0 Å². The molecule has 0 saturated carbocycles. The van der Waals surface area contributed by atoms with Crippen molar-refractivity contribution in [1.82, 2.24) is 9.80 Å². The van der Waals surface area contributed by atoms with Crippen molar-refractivity contribution in [2.24, 2.45) is 11.8 Å². The van der Waals surface area contributed by atoms with Crippen LogP contribution in [-0.2, 0) is 19.1 Å². The molecule has 3 amide bonds. The Balaban J connectivity index is 1.66. The molecule has 0 N–H and O–H groups in total. The summed E-state index contributed by atoms with van der Waals surface area (Å²) in [6.07, 6.45) is 5.05. The Labute approximate surface area is 130 Å². The summed E-state index contributed by atoms with van der Waals surface area (Å²) in [6, 6.07) is 0. The summed E-state index contributed by atoms with van der Waals surface area (Å²) in [7, 11) is 0. The molecule has 0 aromatic rings. The lowest BCUT2D eigenvalue weighted by Crippen LogP contribution is -2.51. The van der Waals surface area contributed by atoms with E-state index in [1.54, 1.807) is 4.90 Å². The second-order valence-electron chi connectivity index (χ2n) is 6.47. The van der Waals surface area contributed by atoms with E-state index in [1.165, 1.54) is 0 Å². The van der Waals surface area contributed by atoms with Gasteiger partial charge in [0.1, 0.15) is 6.54 Å². The highest BCUT2D eigenvalue weighted by molar-refractivity contribution is 6.07. The minimum absolute atomic E-state index is 0.0236. The van der Waals surface area contributed by atoms with E-state index in [9.17, 15) is 14.4 Å². The monoisotopic (exact) mass is 306 g/mol. The van der Waals surface area contributed by atoms with Gasteiger partial charge in [-0.25, -0.2) is 0 Å². The van der Waals surface area contributed by atoms with Gasteiger partial charge >= 0.3 is 0 Å². The second kappa shape index (κ2) is 5.83. The second-order valence-corrected chi connectivity index (χ2v) is 6.47. The van der Waals surface area contributed by atoms with Crippen molar-refractivity contribution in [3.8, 4) is 0 Å². The Morgan fingerprint density at radius 2 is 1.59 bits per heavy atom. The van der Waals surface area contributed by atoms with Crippen molar-refractivity contribution in [3.63, 3.8) is 0 Å². The molecule has 0 aromatic carbocycles. The van der Waals surface area contributed by atoms with Crippen LogP contribution in [0.15, 0.2) is 12.2 Å². The maximum absolute atomic E-state index is 12.5. The third-order valence-electron chi connectivity index (χ3n) is 4.66. The molecule has 3 rings (SSSR count). The van der Waals surface area contributed by atoms with Crippen LogP contribution >= 0.6 is 0 Å². The van der Waals surface area contributed by atoms with Crippen molar-refractivity contribution in [2.75, 3.05) is 19.6 Å². The highest BCUT2D eigenvalue weighted by atomic mass is 16.5. The molecule has 2 aliphatic heterocycles. The predicted molar refractivity (Wildman–Crippen MR) is 78.7 cm³/mol. The average molecular weight is 306 g/mol. The van der Waals surface area contributed by atoms with E-state index in [0.29, 0.717) is 25.9 Å². The van der Waals surface area contributed by atoms with Crippen LogP contribution < -0.4 is 0 Å². The Kier molecular flexibility index (Phi) is 4.04. The number of hydrogen-bond donors (Lipinski definition) is 0. The van der Waals surface area contributed by atoms with Gasteiger partial charge < -0.3 is 9.64 Å². The summed E-state index contributed by atoms with van der Waals surface area (Å²) in [5.74, 6) is -1.10. The number of nitrogens with zero attached hydrogens (tertiary/aromatic N) is 2. The summed E-state index contributed by atoms with van der Waals surface area (Å²) in [5, 5.41) is 0. The quantitative estimate of drug-likeness (QED) is 0.553. The standard InChI is InChI=1S/C16H22N2O4/c1-10-7-17(8-11(2)22-10)14(19)9-18-15(20)12-5-3-4-6-13(12)16(18)21/h3-4,10-13H,5-9H2,1-2H3/t10-,11+,12-,13+. The Morgan fingerprint density at radius 1 is 1.09 bits per heavy atom. The molecular formula is C16H22N2O4. The van der Waals surface area contributed by atoms with Crippen LogP contribution in [0.3, 0.4) is 0 Å². The first-order valence-electron chi connectivity index (χ1n) is 7.91. The summed E-state index contributed by atoms with van der Waals surface area (Å²) in [6.45, 7) is 4.72. The number of morpholine rings is 1. The summed E-state index contributed by atoms with van der Waals surface area (Å²) in [4.78, 5) is 40.1. The number of carbonyl (C=O) groups excluding carboxylic acids is 3. The Hall–Kier alpha value is -1.69. The molecule has 6 heteroatoms. The van der Waals surface area contributed by atoms with Crippen molar-refractivity contribution in [3.05, 3.63) is 12.2 Å². The molecule has 0 spiro atoms. The normalized spacial score (nSPS) is 35.0. The smallest absolute Gasteiger partial charge is 0.242 e. The number of imide groups is 1. The van der Waals surface area contributed by atoms with Gasteiger partial charge in [-0.15, -0.1) is 0 Å². The number of hydrogen-bond acceptors (Lipinski definition) is 4. The van der Waals surface area contributed by atoms with E-state index >= 15 is 0 Å².